The number of hydrogen-bond donors (Lipinski definition) is 1. The van der Waals surface area contributed by atoms with E-state index < -0.39 is 12.1 Å². The molecule has 3 aromatic rings. The van der Waals surface area contributed by atoms with E-state index in [1.165, 1.54) is 29.6 Å². The number of amides is 2. The van der Waals surface area contributed by atoms with Gasteiger partial charge in [0.2, 0.25) is 0 Å². The summed E-state index contributed by atoms with van der Waals surface area (Å²) in [6, 6.07) is 21.6. The molecular formula is C35H34F3N7O3S2. The largest absolute Gasteiger partial charge is 0.471 e. The summed E-state index contributed by atoms with van der Waals surface area (Å²) >= 11 is 2.46. The SMILES string of the molecule is CCNc1ccc(C#N)cc1/N=C1/S/C(=C2\Sc3cc(N(CCN4CCOCC4)C(=O)C(F)(F)F)ccc3N2C)C(=O)N1Cc1ccccc1. The Morgan fingerprint density at radius 3 is 2.54 bits per heavy atom. The van der Waals surface area contributed by atoms with Crippen molar-refractivity contribution in [2.45, 2.75) is 24.5 Å². The van der Waals surface area contributed by atoms with E-state index in [1.807, 2.05) is 47.1 Å². The number of aliphatic imine (C=N–C) groups is 1. The first-order valence-electron chi connectivity index (χ1n) is 16.0. The van der Waals surface area contributed by atoms with Gasteiger partial charge in [-0.2, -0.15) is 18.4 Å². The highest BCUT2D eigenvalue weighted by molar-refractivity contribution is 8.19. The number of anilines is 3. The number of carbonyl (C=O) groups is 2. The Morgan fingerprint density at radius 1 is 1.08 bits per heavy atom. The molecule has 0 aliphatic carbocycles. The molecule has 0 saturated carbocycles. The predicted octanol–water partition coefficient (Wildman–Crippen LogP) is 6.39. The van der Waals surface area contributed by atoms with Gasteiger partial charge < -0.3 is 19.9 Å². The molecule has 3 aliphatic heterocycles. The molecule has 260 valence electrons. The summed E-state index contributed by atoms with van der Waals surface area (Å²) in [4.78, 5) is 38.9. The second kappa shape index (κ2) is 15.2. The molecule has 2 fully saturated rings. The van der Waals surface area contributed by atoms with E-state index >= 15 is 0 Å². The molecule has 3 heterocycles. The molecule has 3 aliphatic rings. The van der Waals surface area contributed by atoms with Crippen molar-refractivity contribution in [1.29, 1.82) is 5.26 Å². The second-order valence-corrected chi connectivity index (χ2v) is 13.6. The number of rotatable bonds is 9. The summed E-state index contributed by atoms with van der Waals surface area (Å²) in [7, 11) is 1.79. The van der Waals surface area contributed by atoms with Crippen LogP contribution in [0.1, 0.15) is 18.1 Å². The molecule has 0 atom stereocenters. The van der Waals surface area contributed by atoms with Crippen molar-refractivity contribution in [3.63, 3.8) is 0 Å². The first kappa shape index (κ1) is 35.3. The summed E-state index contributed by atoms with van der Waals surface area (Å²) in [6.45, 7) is 5.08. The number of amidine groups is 1. The van der Waals surface area contributed by atoms with E-state index in [-0.39, 0.29) is 31.2 Å². The van der Waals surface area contributed by atoms with Crippen molar-refractivity contribution in [1.82, 2.24) is 9.80 Å². The first-order valence-corrected chi connectivity index (χ1v) is 17.6. The van der Waals surface area contributed by atoms with E-state index in [0.717, 1.165) is 10.5 Å². The maximum atomic E-state index is 14.2. The van der Waals surface area contributed by atoms with Crippen molar-refractivity contribution in [3.05, 3.63) is 87.8 Å². The van der Waals surface area contributed by atoms with Crippen LogP contribution in [-0.2, 0) is 20.9 Å². The number of nitrogens with zero attached hydrogens (tertiary/aromatic N) is 6. The molecule has 15 heteroatoms. The lowest BCUT2D eigenvalue weighted by Gasteiger charge is -2.30. The lowest BCUT2D eigenvalue weighted by molar-refractivity contribution is -0.170. The van der Waals surface area contributed by atoms with Gasteiger partial charge in [-0.05, 0) is 60.6 Å². The number of benzene rings is 3. The highest BCUT2D eigenvalue weighted by Gasteiger charge is 2.44. The average molecular weight is 722 g/mol. The molecule has 1 N–H and O–H groups in total. The number of carbonyl (C=O) groups excluding carboxylic acids is 2. The average Bonchev–Trinajstić information content (AvgIpc) is 3.60. The van der Waals surface area contributed by atoms with Crippen LogP contribution < -0.4 is 15.1 Å². The quantitative estimate of drug-likeness (QED) is 0.252. The number of ether oxygens (including phenoxy) is 1. The molecule has 50 heavy (non-hydrogen) atoms. The molecule has 0 spiro atoms. The van der Waals surface area contributed by atoms with Crippen LogP contribution in [0.3, 0.4) is 0 Å². The number of fused-ring (bicyclic) bond motifs is 1. The van der Waals surface area contributed by atoms with E-state index in [9.17, 15) is 28.0 Å². The molecule has 0 radical (unpaired) electrons. The van der Waals surface area contributed by atoms with Crippen LogP contribution in [0.4, 0.5) is 35.9 Å². The standard InChI is InChI=1S/C35H34F3N7O3S2/c1-3-40-26-11-9-24(21-39)19-27(26)41-34-45(22-23-7-5-4-6-8-23)31(46)30(50-34)32-42(2)28-12-10-25(20-29(28)49-32)44(33(47)35(36,37)38)14-13-43-15-17-48-18-16-43/h4-12,19-20,40H,3,13-18,22H2,1-2H3/b32-30-,41-34+. The number of morpholine rings is 1. The zero-order chi connectivity index (χ0) is 35.4. The molecule has 2 saturated heterocycles. The van der Waals surface area contributed by atoms with Crippen LogP contribution in [-0.4, -0.2) is 85.9 Å². The van der Waals surface area contributed by atoms with Crippen molar-refractivity contribution >= 4 is 63.3 Å². The molecule has 10 nitrogen and oxygen atoms in total. The van der Waals surface area contributed by atoms with E-state index in [1.54, 1.807) is 42.3 Å². The zero-order valence-corrected chi connectivity index (χ0v) is 29.0. The zero-order valence-electron chi connectivity index (χ0n) is 27.4. The highest BCUT2D eigenvalue weighted by atomic mass is 32.2. The monoisotopic (exact) mass is 721 g/mol. The molecule has 3 aromatic carbocycles. The van der Waals surface area contributed by atoms with Gasteiger partial charge in [0, 0.05) is 50.4 Å². The Kier molecular flexibility index (Phi) is 10.7. The van der Waals surface area contributed by atoms with Crippen molar-refractivity contribution in [2.24, 2.45) is 4.99 Å². The van der Waals surface area contributed by atoms with Crippen molar-refractivity contribution < 1.29 is 27.5 Å². The molecule has 0 bridgehead atoms. The first-order chi connectivity index (χ1) is 24.1. The lowest BCUT2D eigenvalue weighted by atomic mass is 10.2. The van der Waals surface area contributed by atoms with Crippen LogP contribution in [0.15, 0.2) is 86.6 Å². The Balaban J connectivity index is 1.34. The fraction of sp³-hybridized carbons (Fsp3) is 0.314. The van der Waals surface area contributed by atoms with Crippen molar-refractivity contribution in [3.8, 4) is 6.07 Å². The van der Waals surface area contributed by atoms with Gasteiger partial charge in [0.25, 0.3) is 5.91 Å². The maximum absolute atomic E-state index is 14.2. The maximum Gasteiger partial charge on any atom is 0.471 e. The van der Waals surface area contributed by atoms with Gasteiger partial charge in [-0.3, -0.25) is 19.4 Å². The van der Waals surface area contributed by atoms with Gasteiger partial charge in [-0.1, -0.05) is 42.1 Å². The van der Waals surface area contributed by atoms with E-state index in [2.05, 4.69) is 11.4 Å². The third-order valence-electron chi connectivity index (χ3n) is 8.31. The summed E-state index contributed by atoms with van der Waals surface area (Å²) < 4.78 is 46.7. The number of hydrogen-bond acceptors (Lipinski definition) is 10. The molecular weight excluding hydrogens is 688 g/mol. The summed E-state index contributed by atoms with van der Waals surface area (Å²) in [5, 5.41) is 13.8. The van der Waals surface area contributed by atoms with Crippen LogP contribution in [0.5, 0.6) is 0 Å². The number of nitrogens with one attached hydrogen (secondary N) is 1. The van der Waals surface area contributed by atoms with Gasteiger partial charge in [-0.25, -0.2) is 4.99 Å². The van der Waals surface area contributed by atoms with Crippen LogP contribution >= 0.6 is 23.5 Å². The Morgan fingerprint density at radius 2 is 1.84 bits per heavy atom. The third kappa shape index (κ3) is 7.63. The lowest BCUT2D eigenvalue weighted by Crippen LogP contribution is -2.47. The van der Waals surface area contributed by atoms with Gasteiger partial charge in [0.15, 0.2) is 5.17 Å². The summed E-state index contributed by atoms with van der Waals surface area (Å²) in [5.74, 6) is -2.21. The van der Waals surface area contributed by atoms with Gasteiger partial charge >= 0.3 is 12.1 Å². The Hall–Kier alpha value is -4.49. The molecule has 0 aromatic heterocycles. The van der Waals surface area contributed by atoms with Gasteiger partial charge in [0.05, 0.1) is 53.5 Å². The van der Waals surface area contributed by atoms with Crippen LogP contribution in [0.2, 0.25) is 0 Å². The summed E-state index contributed by atoms with van der Waals surface area (Å²) in [5.41, 5.74) is 3.36. The number of alkyl halides is 3. The molecule has 2 amide bonds. The normalized spacial score (nSPS) is 18.8. The van der Waals surface area contributed by atoms with E-state index in [4.69, 9.17) is 9.73 Å². The number of halogens is 3. The molecule has 6 rings (SSSR count). The minimum atomic E-state index is -5.05. The fourth-order valence-corrected chi connectivity index (χ4v) is 8.11. The van der Waals surface area contributed by atoms with Crippen LogP contribution in [0.25, 0.3) is 0 Å². The second-order valence-electron chi connectivity index (χ2n) is 11.6. The summed E-state index contributed by atoms with van der Waals surface area (Å²) in [6.07, 6.45) is -5.05. The Bertz CT molecular complexity index is 1880. The van der Waals surface area contributed by atoms with Gasteiger partial charge in [-0.15, -0.1) is 0 Å². The molecule has 0 unspecified atom stereocenters. The van der Waals surface area contributed by atoms with Crippen molar-refractivity contribution in [2.75, 3.05) is 68.1 Å². The minimum Gasteiger partial charge on any atom is -0.384 e. The predicted molar refractivity (Wildman–Crippen MR) is 190 cm³/mol. The number of nitriles is 1. The fourth-order valence-electron chi connectivity index (χ4n) is 5.74. The van der Waals surface area contributed by atoms with Gasteiger partial charge in [0.1, 0.15) is 4.91 Å². The van der Waals surface area contributed by atoms with Crippen LogP contribution in [0, 0.1) is 11.3 Å². The number of thioether (sulfide) groups is 2. The smallest absolute Gasteiger partial charge is 0.384 e. The highest BCUT2D eigenvalue weighted by Crippen LogP contribution is 2.51. The Labute approximate surface area is 296 Å². The third-order valence-corrected chi connectivity index (χ3v) is 10.7. The topological polar surface area (TPSA) is 105 Å². The van der Waals surface area contributed by atoms with E-state index in [0.29, 0.717) is 75.5 Å². The minimum absolute atomic E-state index is 0.123.